The summed E-state index contributed by atoms with van der Waals surface area (Å²) in [6.45, 7) is 6.81. The number of hydrogen-bond donors (Lipinski definition) is 0. The summed E-state index contributed by atoms with van der Waals surface area (Å²) in [5, 5.41) is 0. The smallest absolute Gasteiger partial charge is 0.137 e. The molecule has 0 spiro atoms. The zero-order valence-electron chi connectivity index (χ0n) is 11.9. The van der Waals surface area contributed by atoms with E-state index in [1.165, 1.54) is 18.4 Å². The average molecular weight is 268 g/mol. The van der Waals surface area contributed by atoms with Crippen LogP contribution in [0.1, 0.15) is 30.0 Å². The minimum Gasteiger partial charge on any atom is -0.307 e. The van der Waals surface area contributed by atoms with Crippen LogP contribution in [0.5, 0.6) is 0 Å². The van der Waals surface area contributed by atoms with Gasteiger partial charge >= 0.3 is 0 Å². The molecule has 2 heterocycles. The summed E-state index contributed by atoms with van der Waals surface area (Å²) >= 11 is 0. The van der Waals surface area contributed by atoms with Gasteiger partial charge in [-0.25, -0.2) is 4.98 Å². The Labute approximate surface area is 115 Å². The second-order valence-electron chi connectivity index (χ2n) is 6.46. The Balaban J connectivity index is 1.82. The largest absolute Gasteiger partial charge is 0.307 e. The van der Waals surface area contributed by atoms with Crippen LogP contribution in [0, 0.1) is 11.5 Å². The van der Waals surface area contributed by atoms with Crippen LogP contribution < -0.4 is 0 Å². The zero-order chi connectivity index (χ0) is 13.5. The molecule has 0 N–H and O–H groups in total. The van der Waals surface area contributed by atoms with Crippen LogP contribution >= 0.6 is 0 Å². The van der Waals surface area contributed by atoms with Crippen LogP contribution in [0.2, 0.25) is 19.6 Å². The predicted octanol–water partition coefficient (Wildman–Crippen LogP) is 3.64. The third-order valence-corrected chi connectivity index (χ3v) is 4.23. The number of imidazole rings is 1. The van der Waals surface area contributed by atoms with Crippen molar-refractivity contribution < 1.29 is 0 Å². The van der Waals surface area contributed by atoms with Gasteiger partial charge in [-0.05, 0) is 30.4 Å². The lowest BCUT2D eigenvalue weighted by Crippen LogP contribution is -2.16. The van der Waals surface area contributed by atoms with Crippen molar-refractivity contribution in [1.29, 1.82) is 0 Å². The fourth-order valence-electron chi connectivity index (χ4n) is 2.20. The Bertz CT molecular complexity index is 663. The molecule has 0 unspecified atom stereocenters. The number of fused-ring (bicyclic) bond motifs is 1. The van der Waals surface area contributed by atoms with Crippen molar-refractivity contribution in [3.05, 3.63) is 35.8 Å². The fraction of sp³-hybridized carbons (Fsp3) is 0.438. The van der Waals surface area contributed by atoms with Gasteiger partial charge in [0.15, 0.2) is 0 Å². The van der Waals surface area contributed by atoms with E-state index in [9.17, 15) is 0 Å². The van der Waals surface area contributed by atoms with Gasteiger partial charge in [-0.2, -0.15) is 0 Å². The summed E-state index contributed by atoms with van der Waals surface area (Å²) in [6, 6.07) is 4.35. The number of rotatable bonds is 2. The Hall–Kier alpha value is -1.53. The fourth-order valence-corrected chi connectivity index (χ4v) is 2.82. The molecule has 2 aromatic heterocycles. The molecule has 0 radical (unpaired) electrons. The van der Waals surface area contributed by atoms with E-state index in [2.05, 4.69) is 65.0 Å². The quantitative estimate of drug-likeness (QED) is 0.600. The number of nitrogens with zero attached hydrogens (tertiary/aromatic N) is 2. The highest BCUT2D eigenvalue weighted by atomic mass is 28.3. The summed E-state index contributed by atoms with van der Waals surface area (Å²) in [6.07, 6.45) is 7.81. The molecule has 2 nitrogen and oxygen atoms in total. The third kappa shape index (κ3) is 3.08. The Morgan fingerprint density at radius 3 is 2.74 bits per heavy atom. The summed E-state index contributed by atoms with van der Waals surface area (Å²) in [7, 11) is -1.26. The predicted molar refractivity (Wildman–Crippen MR) is 82.0 cm³/mol. The number of hydrogen-bond acceptors (Lipinski definition) is 1. The van der Waals surface area contributed by atoms with Gasteiger partial charge in [0.25, 0.3) is 0 Å². The minimum atomic E-state index is -1.26. The van der Waals surface area contributed by atoms with E-state index in [1.807, 2.05) is 0 Å². The van der Waals surface area contributed by atoms with E-state index in [-0.39, 0.29) is 0 Å². The molecule has 0 bridgehead atoms. The minimum absolute atomic E-state index is 0.769. The van der Waals surface area contributed by atoms with Crippen molar-refractivity contribution in [1.82, 2.24) is 9.38 Å². The maximum atomic E-state index is 4.63. The van der Waals surface area contributed by atoms with Crippen molar-refractivity contribution in [3.8, 4) is 11.5 Å². The number of pyridine rings is 1. The molecule has 1 aliphatic rings. The first-order valence-electron chi connectivity index (χ1n) is 6.99. The van der Waals surface area contributed by atoms with Crippen LogP contribution in [0.25, 0.3) is 5.65 Å². The van der Waals surface area contributed by atoms with Crippen molar-refractivity contribution >= 4 is 13.7 Å². The van der Waals surface area contributed by atoms with E-state index < -0.39 is 8.07 Å². The topological polar surface area (TPSA) is 17.3 Å². The molecule has 3 heteroatoms. The molecule has 2 aromatic rings. The summed E-state index contributed by atoms with van der Waals surface area (Å²) < 4.78 is 2.15. The van der Waals surface area contributed by atoms with Crippen molar-refractivity contribution in [3.63, 3.8) is 0 Å². The second kappa shape index (κ2) is 4.54. The summed E-state index contributed by atoms with van der Waals surface area (Å²) in [4.78, 5) is 4.63. The van der Waals surface area contributed by atoms with Crippen molar-refractivity contribution in [2.24, 2.45) is 0 Å². The molecule has 1 fully saturated rings. The van der Waals surface area contributed by atoms with Crippen LogP contribution in [-0.4, -0.2) is 17.5 Å². The highest BCUT2D eigenvalue weighted by Gasteiger charge is 2.23. The van der Waals surface area contributed by atoms with Crippen LogP contribution in [0.3, 0.4) is 0 Å². The molecular formula is C16H20N2Si. The first-order chi connectivity index (χ1) is 9.01. The first kappa shape index (κ1) is 12.5. The molecule has 1 saturated carbocycles. The molecule has 1 aliphatic carbocycles. The van der Waals surface area contributed by atoms with E-state index in [0.29, 0.717) is 0 Å². The normalized spacial score (nSPS) is 15.3. The maximum absolute atomic E-state index is 4.63. The molecule has 0 aliphatic heterocycles. The van der Waals surface area contributed by atoms with Crippen molar-refractivity contribution in [2.75, 3.05) is 0 Å². The monoisotopic (exact) mass is 268 g/mol. The lowest BCUT2D eigenvalue weighted by Gasteiger charge is -2.02. The summed E-state index contributed by atoms with van der Waals surface area (Å²) in [5.41, 5.74) is 6.96. The van der Waals surface area contributed by atoms with Crippen LogP contribution in [0.4, 0.5) is 0 Å². The van der Waals surface area contributed by atoms with Crippen LogP contribution in [0.15, 0.2) is 24.5 Å². The van der Waals surface area contributed by atoms with Gasteiger partial charge in [0, 0.05) is 12.4 Å². The molecule has 3 rings (SSSR count). The highest BCUT2D eigenvalue weighted by molar-refractivity contribution is 6.83. The van der Waals surface area contributed by atoms with E-state index >= 15 is 0 Å². The zero-order valence-corrected chi connectivity index (χ0v) is 12.9. The van der Waals surface area contributed by atoms with E-state index in [0.717, 1.165) is 23.7 Å². The van der Waals surface area contributed by atoms with Gasteiger partial charge in [-0.3, -0.25) is 0 Å². The molecule has 0 saturated heterocycles. The van der Waals surface area contributed by atoms with Gasteiger partial charge in [-0.1, -0.05) is 25.7 Å². The molecular weight excluding hydrogens is 248 g/mol. The van der Waals surface area contributed by atoms with E-state index in [4.69, 9.17) is 0 Å². The molecule has 0 aromatic carbocycles. The second-order valence-corrected chi connectivity index (χ2v) is 11.2. The van der Waals surface area contributed by atoms with E-state index in [1.54, 1.807) is 0 Å². The molecule has 0 atom stereocenters. The van der Waals surface area contributed by atoms with Gasteiger partial charge in [-0.15, -0.1) is 11.5 Å². The van der Waals surface area contributed by atoms with Gasteiger partial charge in [0.05, 0.1) is 12.1 Å². The lowest BCUT2D eigenvalue weighted by molar-refractivity contribution is 1.06. The Kier molecular flexibility index (Phi) is 2.98. The standard InChI is InChI=1S/C16H20N2Si/c1-19(2,3)10-4-5-15-12-18-11-14(13-6-7-13)8-9-16(18)17-15/h8-9,11-13H,5-7H2,1-3H3. The SMILES string of the molecule is C[Si](C)(C)C#CCc1cn2cc(C3CC3)ccc2n1. The average Bonchev–Trinajstić information content (AvgIpc) is 3.08. The maximum Gasteiger partial charge on any atom is 0.137 e. The molecule has 98 valence electrons. The van der Waals surface area contributed by atoms with Gasteiger partial charge in [0.2, 0.25) is 0 Å². The Morgan fingerprint density at radius 1 is 1.26 bits per heavy atom. The molecule has 19 heavy (non-hydrogen) atoms. The Morgan fingerprint density at radius 2 is 2.05 bits per heavy atom. The molecule has 0 amide bonds. The lowest BCUT2D eigenvalue weighted by atomic mass is 10.2. The van der Waals surface area contributed by atoms with Gasteiger partial charge in [0.1, 0.15) is 13.7 Å². The van der Waals surface area contributed by atoms with Gasteiger partial charge < -0.3 is 4.40 Å². The summed E-state index contributed by atoms with van der Waals surface area (Å²) in [5.74, 6) is 4.08. The number of aromatic nitrogens is 2. The first-order valence-corrected chi connectivity index (χ1v) is 10.5. The third-order valence-electron chi connectivity index (χ3n) is 3.31. The van der Waals surface area contributed by atoms with Crippen LogP contribution in [-0.2, 0) is 6.42 Å². The van der Waals surface area contributed by atoms with Crippen molar-refractivity contribution in [2.45, 2.75) is 44.8 Å². The highest BCUT2D eigenvalue weighted by Crippen LogP contribution is 2.39.